The number of nitrogens with one attached hydrogen (secondary N) is 1. The molecule has 0 aromatic heterocycles. The summed E-state index contributed by atoms with van der Waals surface area (Å²) in [6.45, 7) is 17.9. The van der Waals surface area contributed by atoms with Gasteiger partial charge in [-0.3, -0.25) is 14.9 Å². The number of non-ortho nitro benzene ring substituents is 1. The average molecular weight is 686 g/mol. The van der Waals surface area contributed by atoms with E-state index in [9.17, 15) is 10.1 Å². The molecule has 1 unspecified atom stereocenters. The lowest BCUT2D eigenvalue weighted by Gasteiger charge is -2.14. The Balaban J connectivity index is 0. The molecule has 0 saturated heterocycles. The summed E-state index contributed by atoms with van der Waals surface area (Å²) >= 11 is 1.17. The van der Waals surface area contributed by atoms with Gasteiger partial charge in [0.25, 0.3) is 12.2 Å². The zero-order valence-electron chi connectivity index (χ0n) is 29.9. The highest BCUT2D eigenvalue weighted by Crippen LogP contribution is 2.21. The molecule has 0 radical (unpaired) electrons. The van der Waals surface area contributed by atoms with Crippen molar-refractivity contribution >= 4 is 24.2 Å². The molecule has 0 bridgehead atoms. The summed E-state index contributed by atoms with van der Waals surface area (Å²) in [5, 5.41) is 36.6. The fourth-order valence-corrected chi connectivity index (χ4v) is 4.02. The van der Waals surface area contributed by atoms with Crippen LogP contribution in [-0.4, -0.2) is 48.9 Å². The van der Waals surface area contributed by atoms with E-state index in [1.807, 2.05) is 30.3 Å². The number of nitro groups is 1. The highest BCUT2D eigenvalue weighted by atomic mass is 32.2. The Kier molecular flexibility index (Phi) is 27.0. The molecule has 266 valence electrons. The maximum Gasteiger partial charge on any atom is 0.290 e. The number of hydrogen-bond donors (Lipinski definition) is 3. The molecule has 0 saturated carbocycles. The van der Waals surface area contributed by atoms with Crippen molar-refractivity contribution in [2.75, 3.05) is 27.3 Å². The maximum atomic E-state index is 10.2. The summed E-state index contributed by atoms with van der Waals surface area (Å²) in [5.41, 5.74) is 3.62. The molecule has 3 rings (SSSR count). The molecule has 3 N–H and O–H groups in total. The number of nitrogens with zero attached hydrogens (tertiary/aromatic N) is 2. The second-order valence-corrected chi connectivity index (χ2v) is 13.5. The van der Waals surface area contributed by atoms with Crippen LogP contribution >= 0.6 is 12.0 Å². The predicted molar refractivity (Wildman–Crippen MR) is 195 cm³/mol. The number of carboxylic acid groups (broad SMARTS) is 1. The first kappa shape index (κ1) is 46.2. The third kappa shape index (κ3) is 27.2. The fraction of sp³-hybridized carbons (Fsp3) is 0.459. The van der Waals surface area contributed by atoms with Crippen LogP contribution in [0.15, 0.2) is 77.7 Å². The Bertz CT molecular complexity index is 1280. The lowest BCUT2D eigenvalue weighted by atomic mass is 9.98. The number of aliphatic hydroxyl groups excluding tert-OH is 1. The molecular formula is C37H55N3O7S. The Hall–Kier alpha value is -3.95. The Labute approximate surface area is 291 Å². The van der Waals surface area contributed by atoms with E-state index in [4.69, 9.17) is 29.2 Å². The number of benzene rings is 3. The highest BCUT2D eigenvalue weighted by Gasteiger charge is 2.06. The van der Waals surface area contributed by atoms with Crippen LogP contribution in [0.1, 0.15) is 71.6 Å². The number of aliphatic hydroxyl groups is 1. The van der Waals surface area contributed by atoms with Gasteiger partial charge in [-0.15, -0.1) is 0 Å². The molecule has 0 heterocycles. The van der Waals surface area contributed by atoms with Crippen molar-refractivity contribution in [2.45, 2.75) is 72.8 Å². The summed E-state index contributed by atoms with van der Waals surface area (Å²) in [4.78, 5) is 19.0. The van der Waals surface area contributed by atoms with E-state index in [2.05, 4.69) is 72.0 Å². The van der Waals surface area contributed by atoms with E-state index in [1.54, 1.807) is 25.3 Å². The van der Waals surface area contributed by atoms with Crippen molar-refractivity contribution in [1.82, 2.24) is 5.32 Å². The molecule has 0 aliphatic heterocycles. The van der Waals surface area contributed by atoms with Gasteiger partial charge in [0, 0.05) is 36.2 Å². The van der Waals surface area contributed by atoms with E-state index >= 15 is 0 Å². The normalized spacial score (nSPS) is 10.5. The lowest BCUT2D eigenvalue weighted by molar-refractivity contribution is -0.384. The first-order chi connectivity index (χ1) is 22.7. The van der Waals surface area contributed by atoms with Gasteiger partial charge in [-0.1, -0.05) is 72.7 Å². The summed E-state index contributed by atoms with van der Waals surface area (Å²) < 4.78 is 10.6. The summed E-state index contributed by atoms with van der Waals surface area (Å²) in [6.07, 6.45) is 2.29. The standard InChI is InChI=1S/C23H30N2O.C7H7NO3S.C5H12.CH2O2.CH4O/c1-18(2)16-25-12-11-19(3)13-20-7-9-23(10-8-20)26-17-22-6-4-5-21(14-22)15-24;1-11-12-7-4-2-6(3-5-7)8(9)10;1-5(2,3)4;2-1-3;1-2/h4-10,14,18-19,25H,11-13,16-17H2,1-3H3;2-5H,1H3;1-4H3;1H,(H,2,3);2H,1H3. The minimum absolute atomic E-state index is 0.0930. The van der Waals surface area contributed by atoms with E-state index < -0.39 is 4.92 Å². The number of nitriles is 1. The molecular weight excluding hydrogens is 630 g/mol. The molecule has 1 atom stereocenters. The smallest absolute Gasteiger partial charge is 0.290 e. The van der Waals surface area contributed by atoms with Crippen molar-refractivity contribution < 1.29 is 28.9 Å². The number of nitro benzene ring substituents is 1. The molecule has 3 aromatic carbocycles. The van der Waals surface area contributed by atoms with Crippen LogP contribution in [0.5, 0.6) is 5.75 Å². The Morgan fingerprint density at radius 3 is 2.04 bits per heavy atom. The quantitative estimate of drug-likeness (QED) is 0.0524. The summed E-state index contributed by atoms with van der Waals surface area (Å²) in [6, 6.07) is 24.2. The molecule has 0 spiro atoms. The zero-order chi connectivity index (χ0) is 37.0. The van der Waals surface area contributed by atoms with Crippen molar-refractivity contribution in [2.24, 2.45) is 17.3 Å². The minimum Gasteiger partial charge on any atom is -0.489 e. The molecule has 0 aliphatic rings. The van der Waals surface area contributed by atoms with Crippen LogP contribution in [0.2, 0.25) is 0 Å². The summed E-state index contributed by atoms with van der Waals surface area (Å²) in [5.74, 6) is 2.23. The molecule has 3 aromatic rings. The second kappa shape index (κ2) is 28.1. The fourth-order valence-electron chi connectivity index (χ4n) is 3.58. The number of ether oxygens (including phenoxy) is 1. The predicted octanol–water partition coefficient (Wildman–Crippen LogP) is 8.56. The third-order valence-electron chi connectivity index (χ3n) is 5.56. The van der Waals surface area contributed by atoms with Crippen LogP contribution in [0.25, 0.3) is 0 Å². The molecule has 48 heavy (non-hydrogen) atoms. The number of carbonyl (C=O) groups is 1. The van der Waals surface area contributed by atoms with Gasteiger partial charge in [0.2, 0.25) is 0 Å². The molecule has 10 nitrogen and oxygen atoms in total. The van der Waals surface area contributed by atoms with E-state index in [-0.39, 0.29) is 12.2 Å². The van der Waals surface area contributed by atoms with Crippen molar-refractivity contribution in [3.05, 3.63) is 99.6 Å². The van der Waals surface area contributed by atoms with Gasteiger partial charge in [0.15, 0.2) is 0 Å². The van der Waals surface area contributed by atoms with Crippen LogP contribution in [-0.2, 0) is 22.0 Å². The topological polar surface area (TPSA) is 155 Å². The average Bonchev–Trinajstić information content (AvgIpc) is 3.04. The zero-order valence-corrected chi connectivity index (χ0v) is 30.8. The van der Waals surface area contributed by atoms with E-state index in [0.29, 0.717) is 29.4 Å². The first-order valence-electron chi connectivity index (χ1n) is 15.6. The minimum atomic E-state index is -0.429. The monoisotopic (exact) mass is 685 g/mol. The van der Waals surface area contributed by atoms with Gasteiger partial charge in [-0.25, -0.2) is 0 Å². The van der Waals surface area contributed by atoms with Gasteiger partial charge in [0.05, 0.1) is 23.7 Å². The Morgan fingerprint density at radius 1 is 1.00 bits per heavy atom. The largest absolute Gasteiger partial charge is 0.489 e. The van der Waals surface area contributed by atoms with Crippen LogP contribution in [0.3, 0.4) is 0 Å². The highest BCUT2D eigenvalue weighted by molar-refractivity contribution is 7.94. The Morgan fingerprint density at radius 2 is 1.56 bits per heavy atom. The van der Waals surface area contributed by atoms with Gasteiger partial charge in [-0.2, -0.15) is 5.26 Å². The van der Waals surface area contributed by atoms with Crippen molar-refractivity contribution in [3.8, 4) is 11.8 Å². The van der Waals surface area contributed by atoms with Crippen molar-refractivity contribution in [3.63, 3.8) is 0 Å². The third-order valence-corrected chi connectivity index (χ3v) is 6.19. The van der Waals surface area contributed by atoms with Crippen LogP contribution in [0.4, 0.5) is 5.69 Å². The SMILES string of the molecule is CC(C)(C)C.CC(C)CNCCC(C)Cc1ccc(OCc2cccc(C#N)c2)cc1.CO.COSc1ccc([N+](=O)[O-])cc1.O=CO. The van der Waals surface area contributed by atoms with E-state index in [0.717, 1.165) is 42.8 Å². The molecule has 0 fully saturated rings. The number of hydrogen-bond acceptors (Lipinski definition) is 9. The number of rotatable bonds is 13. The summed E-state index contributed by atoms with van der Waals surface area (Å²) in [7, 11) is 2.55. The molecule has 0 aliphatic carbocycles. The van der Waals surface area contributed by atoms with E-state index in [1.165, 1.54) is 36.2 Å². The lowest BCUT2D eigenvalue weighted by Crippen LogP contribution is -2.22. The van der Waals surface area contributed by atoms with Gasteiger partial charge >= 0.3 is 0 Å². The van der Waals surface area contributed by atoms with Gasteiger partial charge in [0.1, 0.15) is 12.4 Å². The first-order valence-corrected chi connectivity index (χ1v) is 16.4. The molecule has 11 heteroatoms. The maximum absolute atomic E-state index is 10.2. The van der Waals surface area contributed by atoms with Crippen LogP contribution < -0.4 is 10.1 Å². The van der Waals surface area contributed by atoms with Crippen molar-refractivity contribution in [1.29, 1.82) is 5.26 Å². The molecule has 0 amide bonds. The van der Waals surface area contributed by atoms with Crippen LogP contribution in [0, 0.1) is 38.7 Å². The second-order valence-electron chi connectivity index (χ2n) is 12.5. The van der Waals surface area contributed by atoms with Gasteiger partial charge < -0.3 is 24.4 Å². The van der Waals surface area contributed by atoms with Gasteiger partial charge in [-0.05, 0) is 90.7 Å².